The Kier molecular flexibility index (Phi) is 7.55. The maximum absolute atomic E-state index is 15.3. The number of para-hydroxylation sites is 1. The molecule has 5 rings (SSSR count). The molecule has 1 unspecified atom stereocenters. The fraction of sp³-hybridized carbons (Fsp3) is 0.182. The number of aromatic nitrogens is 1. The van der Waals surface area contributed by atoms with Crippen LogP contribution >= 0.6 is 0 Å². The zero-order chi connectivity index (χ0) is 26.5. The summed E-state index contributed by atoms with van der Waals surface area (Å²) in [6.07, 6.45) is 2.22. The smallest absolute Gasteiger partial charge is 0.221 e. The summed E-state index contributed by atoms with van der Waals surface area (Å²) in [6.45, 7) is 3.03. The van der Waals surface area contributed by atoms with E-state index in [1.807, 2.05) is 79.7 Å². The summed E-state index contributed by atoms with van der Waals surface area (Å²) in [5.41, 5.74) is 5.62. The van der Waals surface area contributed by atoms with Crippen LogP contribution < -0.4 is 10.1 Å². The highest BCUT2D eigenvalue weighted by Crippen LogP contribution is 2.36. The molecule has 0 fully saturated rings. The van der Waals surface area contributed by atoms with Crippen LogP contribution in [0.4, 0.5) is 4.39 Å². The number of nitrogens with zero attached hydrogens (tertiary/aromatic N) is 1. The first-order chi connectivity index (χ1) is 18.5. The summed E-state index contributed by atoms with van der Waals surface area (Å²) >= 11 is 0. The molecule has 5 heteroatoms. The number of hydrogen-bond donors (Lipinski definition) is 1. The summed E-state index contributed by atoms with van der Waals surface area (Å²) in [5.74, 6) is -0.0498. The van der Waals surface area contributed by atoms with Crippen LogP contribution in [0.5, 0.6) is 5.75 Å². The number of rotatable bonds is 9. The van der Waals surface area contributed by atoms with Gasteiger partial charge in [0, 0.05) is 42.5 Å². The van der Waals surface area contributed by atoms with Crippen LogP contribution in [0.2, 0.25) is 0 Å². The highest BCUT2D eigenvalue weighted by Gasteiger charge is 2.25. The molecule has 1 atom stereocenters. The third-order valence-corrected chi connectivity index (χ3v) is 6.96. The van der Waals surface area contributed by atoms with Gasteiger partial charge in [0.15, 0.2) is 0 Å². The van der Waals surface area contributed by atoms with E-state index in [9.17, 15) is 4.79 Å². The molecule has 0 bridgehead atoms. The van der Waals surface area contributed by atoms with Crippen LogP contribution in [0.1, 0.15) is 40.2 Å². The molecule has 0 spiro atoms. The van der Waals surface area contributed by atoms with Gasteiger partial charge in [-0.3, -0.25) is 4.79 Å². The lowest BCUT2D eigenvalue weighted by Crippen LogP contribution is -2.25. The van der Waals surface area contributed by atoms with Gasteiger partial charge in [0.05, 0.1) is 7.11 Å². The zero-order valence-electron chi connectivity index (χ0n) is 21.7. The minimum absolute atomic E-state index is 0.119. The van der Waals surface area contributed by atoms with Crippen LogP contribution in [0.15, 0.2) is 103 Å². The summed E-state index contributed by atoms with van der Waals surface area (Å²) in [5, 5.41) is 4.04. The van der Waals surface area contributed by atoms with Crippen molar-refractivity contribution < 1.29 is 13.9 Å². The van der Waals surface area contributed by atoms with E-state index in [1.54, 1.807) is 13.2 Å². The standard InChI is InChI=1S/C33H31FN2O2/c1-23-12-17-31(34)29(18-23)28(19-33(37)35-20-24-8-4-3-5-9-24)30-22-36(32-11-7-6-10-27(30)32)21-25-13-15-26(38-2)16-14-25/h3-18,22,28H,19-21H2,1-2H3,(H,35,37). The lowest BCUT2D eigenvalue weighted by molar-refractivity contribution is -0.121. The fourth-order valence-corrected chi connectivity index (χ4v) is 4.98. The largest absolute Gasteiger partial charge is 0.497 e. The van der Waals surface area contributed by atoms with Crippen molar-refractivity contribution in [1.29, 1.82) is 0 Å². The van der Waals surface area contributed by atoms with E-state index in [1.165, 1.54) is 6.07 Å². The molecule has 5 aromatic rings. The summed E-state index contributed by atoms with van der Waals surface area (Å²) < 4.78 is 22.8. The molecule has 0 saturated carbocycles. The number of nitrogens with one attached hydrogen (secondary N) is 1. The average molecular weight is 507 g/mol. The van der Waals surface area contributed by atoms with Crippen molar-refractivity contribution in [1.82, 2.24) is 9.88 Å². The Balaban J connectivity index is 1.52. The Labute approximate surface area is 222 Å². The number of fused-ring (bicyclic) bond motifs is 1. The van der Waals surface area contributed by atoms with Crippen LogP contribution in [-0.2, 0) is 17.9 Å². The van der Waals surface area contributed by atoms with Crippen molar-refractivity contribution in [2.75, 3.05) is 7.11 Å². The van der Waals surface area contributed by atoms with E-state index in [2.05, 4.69) is 28.2 Å². The molecule has 4 nitrogen and oxygen atoms in total. The number of aryl methyl sites for hydroxylation is 1. The summed E-state index contributed by atoms with van der Waals surface area (Å²) in [4.78, 5) is 13.2. The van der Waals surface area contributed by atoms with E-state index in [4.69, 9.17) is 4.74 Å². The zero-order valence-corrected chi connectivity index (χ0v) is 21.7. The molecule has 1 aromatic heterocycles. The van der Waals surface area contributed by atoms with Gasteiger partial charge in [-0.25, -0.2) is 4.39 Å². The minimum atomic E-state index is -0.437. The van der Waals surface area contributed by atoms with Crippen LogP contribution in [0.25, 0.3) is 10.9 Å². The lowest BCUT2D eigenvalue weighted by atomic mass is 9.87. The van der Waals surface area contributed by atoms with Crippen molar-refractivity contribution in [3.05, 3.63) is 137 Å². The highest BCUT2D eigenvalue weighted by atomic mass is 19.1. The molecule has 38 heavy (non-hydrogen) atoms. The first-order valence-electron chi connectivity index (χ1n) is 12.8. The quantitative estimate of drug-likeness (QED) is 0.234. The maximum atomic E-state index is 15.3. The van der Waals surface area contributed by atoms with Crippen molar-refractivity contribution in [2.45, 2.75) is 32.4 Å². The molecule has 0 radical (unpaired) electrons. The summed E-state index contributed by atoms with van der Waals surface area (Å²) in [6, 6.07) is 31.0. The number of halogens is 1. The number of carbonyl (C=O) groups is 1. The van der Waals surface area contributed by atoms with Crippen LogP contribution in [0, 0.1) is 12.7 Å². The molecule has 0 aliphatic rings. The van der Waals surface area contributed by atoms with Crippen molar-refractivity contribution in [3.63, 3.8) is 0 Å². The minimum Gasteiger partial charge on any atom is -0.497 e. The van der Waals surface area contributed by atoms with Gasteiger partial charge in [-0.05, 0) is 53.4 Å². The lowest BCUT2D eigenvalue weighted by Gasteiger charge is -2.19. The number of ether oxygens (including phenoxy) is 1. The number of hydrogen-bond acceptors (Lipinski definition) is 2. The number of benzene rings is 4. The highest BCUT2D eigenvalue weighted by molar-refractivity contribution is 5.87. The van der Waals surface area contributed by atoms with Crippen molar-refractivity contribution in [2.24, 2.45) is 0 Å². The van der Waals surface area contributed by atoms with Crippen LogP contribution in [0.3, 0.4) is 0 Å². The second kappa shape index (κ2) is 11.3. The van der Waals surface area contributed by atoms with E-state index in [0.29, 0.717) is 18.7 Å². The Hall–Kier alpha value is -4.38. The van der Waals surface area contributed by atoms with Gasteiger partial charge in [-0.15, -0.1) is 0 Å². The molecule has 0 saturated heterocycles. The Morgan fingerprint density at radius 3 is 2.39 bits per heavy atom. The second-order valence-corrected chi connectivity index (χ2v) is 9.62. The van der Waals surface area contributed by atoms with Crippen LogP contribution in [-0.4, -0.2) is 17.6 Å². The van der Waals surface area contributed by atoms with E-state index < -0.39 is 5.92 Å². The Morgan fingerprint density at radius 2 is 1.63 bits per heavy atom. The van der Waals surface area contributed by atoms with E-state index in [-0.39, 0.29) is 18.1 Å². The van der Waals surface area contributed by atoms with E-state index in [0.717, 1.165) is 38.9 Å². The fourth-order valence-electron chi connectivity index (χ4n) is 4.98. The van der Waals surface area contributed by atoms with Gasteiger partial charge in [0.1, 0.15) is 11.6 Å². The molecule has 4 aromatic carbocycles. The van der Waals surface area contributed by atoms with E-state index >= 15 is 4.39 Å². The first kappa shape index (κ1) is 25.3. The maximum Gasteiger partial charge on any atom is 0.221 e. The number of methoxy groups -OCH3 is 1. The Morgan fingerprint density at radius 1 is 0.895 bits per heavy atom. The molecule has 0 aliphatic heterocycles. The molecule has 1 amide bonds. The third-order valence-electron chi connectivity index (χ3n) is 6.96. The van der Waals surface area contributed by atoms with Crippen molar-refractivity contribution in [3.8, 4) is 5.75 Å². The monoisotopic (exact) mass is 506 g/mol. The first-order valence-corrected chi connectivity index (χ1v) is 12.8. The molecule has 1 N–H and O–H groups in total. The van der Waals surface area contributed by atoms with Gasteiger partial charge in [0.2, 0.25) is 5.91 Å². The predicted molar refractivity (Wildman–Crippen MR) is 150 cm³/mol. The van der Waals surface area contributed by atoms with Gasteiger partial charge in [0.25, 0.3) is 0 Å². The van der Waals surface area contributed by atoms with Crippen molar-refractivity contribution >= 4 is 16.8 Å². The molecule has 192 valence electrons. The normalized spacial score (nSPS) is 11.9. The third kappa shape index (κ3) is 5.62. The molecular formula is C33H31FN2O2. The average Bonchev–Trinajstić information content (AvgIpc) is 3.31. The van der Waals surface area contributed by atoms with Gasteiger partial charge in [-0.2, -0.15) is 0 Å². The SMILES string of the molecule is COc1ccc(Cn2cc(C(CC(=O)NCc3ccccc3)c3cc(C)ccc3F)c3ccccc32)cc1. The number of amides is 1. The predicted octanol–water partition coefficient (Wildman–Crippen LogP) is 6.98. The molecule has 0 aliphatic carbocycles. The molecular weight excluding hydrogens is 475 g/mol. The summed E-state index contributed by atoms with van der Waals surface area (Å²) in [7, 11) is 1.65. The van der Waals surface area contributed by atoms with Gasteiger partial charge >= 0.3 is 0 Å². The molecule has 1 heterocycles. The number of carbonyl (C=O) groups excluding carboxylic acids is 1. The van der Waals surface area contributed by atoms with Gasteiger partial charge < -0.3 is 14.6 Å². The second-order valence-electron chi connectivity index (χ2n) is 9.62. The topological polar surface area (TPSA) is 43.3 Å². The van der Waals surface area contributed by atoms with Gasteiger partial charge in [-0.1, -0.05) is 78.4 Å². The Bertz CT molecular complexity index is 1540.